The maximum atomic E-state index is 12.6. The molecule has 4 nitrogen and oxygen atoms in total. The zero-order valence-corrected chi connectivity index (χ0v) is 13.2. The van der Waals surface area contributed by atoms with E-state index in [0.717, 1.165) is 12.8 Å². The van der Waals surface area contributed by atoms with Gasteiger partial charge in [0, 0.05) is 12.1 Å². The van der Waals surface area contributed by atoms with Crippen LogP contribution in [0.1, 0.15) is 36.0 Å². The third-order valence-corrected chi connectivity index (χ3v) is 5.13. The molecule has 0 saturated heterocycles. The summed E-state index contributed by atoms with van der Waals surface area (Å²) in [4.78, 5) is 12.6. The first-order valence-corrected chi connectivity index (χ1v) is 7.88. The molecule has 1 unspecified atom stereocenters. The van der Waals surface area contributed by atoms with E-state index in [4.69, 9.17) is 14.2 Å². The topological polar surface area (TPSA) is 44.8 Å². The molecule has 1 saturated carbocycles. The van der Waals surface area contributed by atoms with Crippen molar-refractivity contribution in [2.75, 3.05) is 21.3 Å². The fourth-order valence-electron chi connectivity index (χ4n) is 2.56. The lowest BCUT2D eigenvalue weighted by atomic mass is 10.2. The van der Waals surface area contributed by atoms with Crippen LogP contribution >= 0.6 is 8.58 Å². The van der Waals surface area contributed by atoms with Crippen LogP contribution < -0.4 is 14.2 Å². The van der Waals surface area contributed by atoms with E-state index in [9.17, 15) is 4.79 Å². The van der Waals surface area contributed by atoms with Crippen molar-refractivity contribution in [2.45, 2.75) is 31.3 Å². The Balaban J connectivity index is 2.29. The minimum Gasteiger partial charge on any atom is -0.496 e. The number of benzene rings is 1. The van der Waals surface area contributed by atoms with Crippen molar-refractivity contribution in [3.63, 3.8) is 0 Å². The number of hydrogen-bond acceptors (Lipinski definition) is 4. The van der Waals surface area contributed by atoms with E-state index in [1.807, 2.05) is 0 Å². The first kappa shape index (κ1) is 15.1. The maximum Gasteiger partial charge on any atom is 0.188 e. The van der Waals surface area contributed by atoms with Crippen molar-refractivity contribution in [2.24, 2.45) is 0 Å². The molecule has 1 aromatic carbocycles. The molecule has 1 aromatic rings. The highest BCUT2D eigenvalue weighted by Gasteiger charge is 2.24. The van der Waals surface area contributed by atoms with E-state index < -0.39 is 0 Å². The number of hydrogen-bond donors (Lipinski definition) is 0. The maximum absolute atomic E-state index is 12.6. The lowest BCUT2D eigenvalue weighted by Crippen LogP contribution is -2.05. The van der Waals surface area contributed by atoms with Crippen LogP contribution in [0.5, 0.6) is 17.2 Å². The fourth-order valence-corrected chi connectivity index (χ4v) is 4.02. The number of methoxy groups -OCH3 is 3. The van der Waals surface area contributed by atoms with Gasteiger partial charge in [0.05, 0.1) is 21.3 Å². The quantitative estimate of drug-likeness (QED) is 0.754. The lowest BCUT2D eigenvalue weighted by molar-refractivity contribution is 0.107. The summed E-state index contributed by atoms with van der Waals surface area (Å²) in [6.45, 7) is 0. The van der Waals surface area contributed by atoms with Gasteiger partial charge in [0.25, 0.3) is 0 Å². The second kappa shape index (κ2) is 6.94. The van der Waals surface area contributed by atoms with Gasteiger partial charge in [-0.15, -0.1) is 0 Å². The molecule has 0 spiro atoms. The third kappa shape index (κ3) is 3.24. The highest BCUT2D eigenvalue weighted by molar-refractivity contribution is 7.59. The van der Waals surface area contributed by atoms with E-state index in [1.54, 1.807) is 33.5 Å². The van der Waals surface area contributed by atoms with Crippen molar-refractivity contribution in [1.29, 1.82) is 0 Å². The molecule has 0 bridgehead atoms. The van der Waals surface area contributed by atoms with Gasteiger partial charge >= 0.3 is 0 Å². The molecule has 2 rings (SSSR count). The largest absolute Gasteiger partial charge is 0.496 e. The van der Waals surface area contributed by atoms with E-state index >= 15 is 0 Å². The molecule has 1 aliphatic rings. The van der Waals surface area contributed by atoms with Gasteiger partial charge in [-0.3, -0.25) is 4.79 Å². The van der Waals surface area contributed by atoms with Crippen LogP contribution in [0, 0.1) is 0 Å². The average Bonchev–Trinajstić information content (AvgIpc) is 2.98. The van der Waals surface area contributed by atoms with E-state index in [0.29, 0.717) is 37.1 Å². The Morgan fingerprint density at radius 1 is 1.05 bits per heavy atom. The van der Waals surface area contributed by atoms with Gasteiger partial charge in [-0.25, -0.2) is 0 Å². The van der Waals surface area contributed by atoms with Gasteiger partial charge in [-0.2, -0.15) is 0 Å². The van der Waals surface area contributed by atoms with Crippen LogP contribution in [-0.4, -0.2) is 32.5 Å². The molecule has 0 N–H and O–H groups in total. The highest BCUT2D eigenvalue weighted by atomic mass is 31.1. The molecule has 0 amide bonds. The van der Waals surface area contributed by atoms with Crippen LogP contribution in [0.4, 0.5) is 0 Å². The minimum atomic E-state index is 0.119. The summed E-state index contributed by atoms with van der Waals surface area (Å²) in [5.74, 6) is 1.67. The molecule has 0 heterocycles. The number of ether oxygens (including phenoxy) is 3. The Hall–Kier alpha value is -1.28. The van der Waals surface area contributed by atoms with E-state index in [-0.39, 0.29) is 5.52 Å². The number of rotatable bonds is 6. The molecular weight excluding hydrogens is 275 g/mol. The zero-order chi connectivity index (χ0) is 14.5. The van der Waals surface area contributed by atoms with Crippen molar-refractivity contribution >= 4 is 14.1 Å². The predicted molar refractivity (Wildman–Crippen MR) is 81.0 cm³/mol. The predicted octanol–water partition coefficient (Wildman–Crippen LogP) is 3.47. The molecule has 1 aliphatic carbocycles. The van der Waals surface area contributed by atoms with Gasteiger partial charge in [-0.05, 0) is 27.1 Å². The summed E-state index contributed by atoms with van der Waals surface area (Å²) in [6, 6.07) is 3.46. The highest BCUT2D eigenvalue weighted by Crippen LogP contribution is 2.42. The lowest BCUT2D eigenvalue weighted by Gasteiger charge is -2.15. The van der Waals surface area contributed by atoms with E-state index in [1.165, 1.54) is 12.8 Å². The SMILES string of the molecule is COc1cc(OC)c(C(=O)PC2CCCC2)c(OC)c1. The summed E-state index contributed by atoms with van der Waals surface area (Å²) in [6.07, 6.45) is 4.79. The Bertz CT molecular complexity index is 456. The Kier molecular flexibility index (Phi) is 5.24. The number of carbonyl (C=O) groups is 1. The monoisotopic (exact) mass is 296 g/mol. The number of carbonyl (C=O) groups excluding carboxylic acids is 1. The second-order valence-corrected chi connectivity index (χ2v) is 6.42. The Morgan fingerprint density at radius 3 is 2.05 bits per heavy atom. The van der Waals surface area contributed by atoms with E-state index in [2.05, 4.69) is 0 Å². The molecule has 110 valence electrons. The van der Waals surface area contributed by atoms with Gasteiger partial charge in [0.2, 0.25) is 0 Å². The first-order chi connectivity index (χ1) is 9.69. The van der Waals surface area contributed by atoms with Crippen molar-refractivity contribution in [3.8, 4) is 17.2 Å². The minimum absolute atomic E-state index is 0.119. The van der Waals surface area contributed by atoms with Crippen LogP contribution in [0.25, 0.3) is 0 Å². The summed E-state index contributed by atoms with van der Waals surface area (Å²) < 4.78 is 15.9. The summed E-state index contributed by atoms with van der Waals surface area (Å²) in [5.41, 5.74) is 1.19. The van der Waals surface area contributed by atoms with Gasteiger partial charge in [-0.1, -0.05) is 12.8 Å². The average molecular weight is 296 g/mol. The Labute approximate surface area is 121 Å². The first-order valence-electron chi connectivity index (χ1n) is 6.80. The molecule has 0 aromatic heterocycles. The molecule has 20 heavy (non-hydrogen) atoms. The molecule has 1 fully saturated rings. The normalized spacial score (nSPS) is 15.8. The fraction of sp³-hybridized carbons (Fsp3) is 0.533. The van der Waals surface area contributed by atoms with Crippen molar-refractivity contribution in [1.82, 2.24) is 0 Å². The molecule has 1 atom stereocenters. The Morgan fingerprint density at radius 2 is 1.60 bits per heavy atom. The van der Waals surface area contributed by atoms with Crippen molar-refractivity contribution in [3.05, 3.63) is 17.7 Å². The second-order valence-electron chi connectivity index (χ2n) is 4.86. The standard InChI is InChI=1S/C15H21O4P/c1-17-10-8-12(18-2)14(13(9-10)19-3)15(16)20-11-6-4-5-7-11/h8-9,11,20H,4-7H2,1-3H3. The summed E-state index contributed by atoms with van der Waals surface area (Å²) in [7, 11) is 4.99. The molecule has 0 radical (unpaired) electrons. The summed E-state index contributed by atoms with van der Waals surface area (Å²) >= 11 is 0. The smallest absolute Gasteiger partial charge is 0.188 e. The van der Waals surface area contributed by atoms with Crippen LogP contribution in [0.2, 0.25) is 0 Å². The van der Waals surface area contributed by atoms with Crippen LogP contribution in [0.3, 0.4) is 0 Å². The molecule has 5 heteroatoms. The van der Waals surface area contributed by atoms with Gasteiger partial charge in [0.15, 0.2) is 5.52 Å². The van der Waals surface area contributed by atoms with Crippen LogP contribution in [-0.2, 0) is 0 Å². The summed E-state index contributed by atoms with van der Waals surface area (Å²) in [5, 5.41) is 0. The molecular formula is C15H21O4P. The van der Waals surface area contributed by atoms with Crippen molar-refractivity contribution < 1.29 is 19.0 Å². The zero-order valence-electron chi connectivity index (χ0n) is 12.2. The van der Waals surface area contributed by atoms with Gasteiger partial charge in [0.1, 0.15) is 22.8 Å². The third-order valence-electron chi connectivity index (χ3n) is 3.63. The molecule has 0 aliphatic heterocycles. The van der Waals surface area contributed by atoms with Gasteiger partial charge < -0.3 is 14.2 Å². The van der Waals surface area contributed by atoms with Crippen LogP contribution in [0.15, 0.2) is 12.1 Å².